The standard InChI is InChI=1S/C17H13F3N2O5/c18-17(19,20)13-3-1-2-10(6-13)7-15(23)27-9-12-5-4-11(16(21)24)8-14(12)22(25)26/h1-6,8H,7,9H2,(H2,21,24). The summed E-state index contributed by atoms with van der Waals surface area (Å²) in [7, 11) is 0. The van der Waals surface area contributed by atoms with Crippen molar-refractivity contribution in [3.63, 3.8) is 0 Å². The number of esters is 1. The van der Waals surface area contributed by atoms with Gasteiger partial charge in [0.25, 0.3) is 5.69 Å². The Hall–Kier alpha value is -3.43. The van der Waals surface area contributed by atoms with Crippen LogP contribution in [0.1, 0.15) is 27.0 Å². The second-order valence-corrected chi connectivity index (χ2v) is 5.50. The SMILES string of the molecule is NC(=O)c1ccc(COC(=O)Cc2cccc(C(F)(F)F)c2)c([N+](=O)[O-])c1. The number of amides is 1. The van der Waals surface area contributed by atoms with Crippen molar-refractivity contribution in [3.8, 4) is 0 Å². The number of nitrogens with zero attached hydrogens (tertiary/aromatic N) is 1. The Morgan fingerprint density at radius 3 is 2.44 bits per heavy atom. The summed E-state index contributed by atoms with van der Waals surface area (Å²) in [5.74, 6) is -1.71. The molecule has 1 amide bonds. The van der Waals surface area contributed by atoms with E-state index in [9.17, 15) is 32.9 Å². The molecule has 10 heteroatoms. The summed E-state index contributed by atoms with van der Waals surface area (Å²) in [5.41, 5.74) is 3.72. The summed E-state index contributed by atoms with van der Waals surface area (Å²) in [4.78, 5) is 33.3. The van der Waals surface area contributed by atoms with Gasteiger partial charge in [0, 0.05) is 11.6 Å². The fourth-order valence-corrected chi connectivity index (χ4v) is 2.24. The van der Waals surface area contributed by atoms with E-state index in [-0.39, 0.29) is 16.7 Å². The van der Waals surface area contributed by atoms with E-state index >= 15 is 0 Å². The van der Waals surface area contributed by atoms with Gasteiger partial charge in [0.15, 0.2) is 0 Å². The number of primary amides is 1. The lowest BCUT2D eigenvalue weighted by molar-refractivity contribution is -0.385. The number of nitro benzene ring substituents is 1. The number of halogens is 3. The Morgan fingerprint density at radius 2 is 1.85 bits per heavy atom. The van der Waals surface area contributed by atoms with Gasteiger partial charge >= 0.3 is 12.1 Å². The Morgan fingerprint density at radius 1 is 1.15 bits per heavy atom. The van der Waals surface area contributed by atoms with Crippen LogP contribution in [0.2, 0.25) is 0 Å². The first-order valence-electron chi connectivity index (χ1n) is 7.47. The third-order valence-electron chi connectivity index (χ3n) is 3.56. The van der Waals surface area contributed by atoms with Crippen LogP contribution in [-0.2, 0) is 28.7 Å². The zero-order valence-electron chi connectivity index (χ0n) is 13.7. The predicted octanol–water partition coefficient (Wildman–Crippen LogP) is 3.00. The largest absolute Gasteiger partial charge is 0.460 e. The van der Waals surface area contributed by atoms with Crippen LogP contribution < -0.4 is 5.73 Å². The van der Waals surface area contributed by atoms with Crippen LogP contribution in [0, 0.1) is 10.1 Å². The fourth-order valence-electron chi connectivity index (χ4n) is 2.24. The van der Waals surface area contributed by atoms with Crippen LogP contribution in [0.25, 0.3) is 0 Å². The van der Waals surface area contributed by atoms with E-state index < -0.39 is 47.3 Å². The zero-order valence-corrected chi connectivity index (χ0v) is 13.7. The van der Waals surface area contributed by atoms with Gasteiger partial charge in [-0.05, 0) is 23.8 Å². The van der Waals surface area contributed by atoms with Crippen molar-refractivity contribution < 1.29 is 32.4 Å². The highest BCUT2D eigenvalue weighted by atomic mass is 19.4. The molecule has 2 N–H and O–H groups in total. The summed E-state index contributed by atoms with van der Waals surface area (Å²) in [6.07, 6.45) is -4.97. The number of nitro groups is 1. The Labute approximate surface area is 150 Å². The van der Waals surface area contributed by atoms with E-state index in [1.165, 1.54) is 24.3 Å². The third-order valence-corrected chi connectivity index (χ3v) is 3.56. The fraction of sp³-hybridized carbons (Fsp3) is 0.176. The lowest BCUT2D eigenvalue weighted by Gasteiger charge is -2.09. The summed E-state index contributed by atoms with van der Waals surface area (Å²) >= 11 is 0. The topological polar surface area (TPSA) is 113 Å². The summed E-state index contributed by atoms with van der Waals surface area (Å²) < 4.78 is 42.9. The minimum absolute atomic E-state index is 0.0161. The van der Waals surface area contributed by atoms with E-state index in [2.05, 4.69) is 0 Å². The molecule has 0 bridgehead atoms. The molecule has 27 heavy (non-hydrogen) atoms. The molecule has 0 saturated heterocycles. The van der Waals surface area contributed by atoms with Crippen molar-refractivity contribution in [1.82, 2.24) is 0 Å². The van der Waals surface area contributed by atoms with E-state index in [4.69, 9.17) is 10.5 Å². The first-order chi connectivity index (χ1) is 12.6. The molecule has 0 aliphatic heterocycles. The van der Waals surface area contributed by atoms with Crippen molar-refractivity contribution >= 4 is 17.6 Å². The van der Waals surface area contributed by atoms with Gasteiger partial charge in [-0.25, -0.2) is 0 Å². The van der Waals surface area contributed by atoms with Gasteiger partial charge in [0.1, 0.15) is 6.61 Å². The van der Waals surface area contributed by atoms with Crippen molar-refractivity contribution in [2.45, 2.75) is 19.2 Å². The molecular weight excluding hydrogens is 369 g/mol. The molecule has 2 aromatic rings. The monoisotopic (exact) mass is 382 g/mol. The molecule has 2 rings (SSSR count). The highest BCUT2D eigenvalue weighted by Gasteiger charge is 2.30. The molecule has 0 aromatic heterocycles. The van der Waals surface area contributed by atoms with Gasteiger partial charge in [-0.2, -0.15) is 13.2 Å². The number of nitrogens with two attached hydrogens (primary N) is 1. The number of hydrogen-bond acceptors (Lipinski definition) is 5. The Kier molecular flexibility index (Phi) is 5.78. The number of carbonyl (C=O) groups is 2. The molecule has 0 radical (unpaired) electrons. The van der Waals surface area contributed by atoms with Crippen molar-refractivity contribution in [3.05, 3.63) is 74.8 Å². The smallest absolute Gasteiger partial charge is 0.416 e. The molecule has 0 fully saturated rings. The minimum atomic E-state index is -4.54. The second kappa shape index (κ2) is 7.85. The molecule has 0 spiro atoms. The number of benzene rings is 2. The number of ether oxygens (including phenoxy) is 1. The van der Waals surface area contributed by atoms with Crippen LogP contribution in [-0.4, -0.2) is 16.8 Å². The van der Waals surface area contributed by atoms with Crippen LogP contribution in [0.3, 0.4) is 0 Å². The zero-order chi connectivity index (χ0) is 20.2. The maximum Gasteiger partial charge on any atom is 0.416 e. The summed E-state index contributed by atoms with van der Waals surface area (Å²) in [6.45, 7) is -0.479. The van der Waals surface area contributed by atoms with Gasteiger partial charge < -0.3 is 10.5 Å². The molecule has 0 unspecified atom stereocenters. The van der Waals surface area contributed by atoms with Gasteiger partial charge in [0.05, 0.1) is 22.5 Å². The third kappa shape index (κ3) is 5.27. The molecule has 2 aromatic carbocycles. The number of alkyl halides is 3. The van der Waals surface area contributed by atoms with Crippen LogP contribution in [0.4, 0.5) is 18.9 Å². The van der Waals surface area contributed by atoms with E-state index in [1.54, 1.807) is 0 Å². The number of carbonyl (C=O) groups excluding carboxylic acids is 2. The van der Waals surface area contributed by atoms with Crippen LogP contribution in [0.15, 0.2) is 42.5 Å². The normalized spacial score (nSPS) is 11.1. The van der Waals surface area contributed by atoms with Crippen molar-refractivity contribution in [2.24, 2.45) is 5.73 Å². The average Bonchev–Trinajstić information content (AvgIpc) is 2.59. The highest BCUT2D eigenvalue weighted by molar-refractivity contribution is 5.93. The van der Waals surface area contributed by atoms with Crippen LogP contribution >= 0.6 is 0 Å². The van der Waals surface area contributed by atoms with Gasteiger partial charge in [-0.1, -0.05) is 18.2 Å². The Balaban J connectivity index is 2.08. The van der Waals surface area contributed by atoms with Gasteiger partial charge in [0.2, 0.25) is 5.91 Å². The maximum atomic E-state index is 12.7. The van der Waals surface area contributed by atoms with Crippen molar-refractivity contribution in [2.75, 3.05) is 0 Å². The van der Waals surface area contributed by atoms with Crippen molar-refractivity contribution in [1.29, 1.82) is 0 Å². The maximum absolute atomic E-state index is 12.7. The van der Waals surface area contributed by atoms with Crippen LogP contribution in [0.5, 0.6) is 0 Å². The average molecular weight is 382 g/mol. The quantitative estimate of drug-likeness (QED) is 0.469. The molecule has 0 aliphatic carbocycles. The highest BCUT2D eigenvalue weighted by Crippen LogP contribution is 2.29. The lowest BCUT2D eigenvalue weighted by Crippen LogP contribution is -2.13. The number of hydrogen-bond donors (Lipinski definition) is 1. The first-order valence-corrected chi connectivity index (χ1v) is 7.47. The predicted molar refractivity (Wildman–Crippen MR) is 86.6 cm³/mol. The molecular formula is C17H13F3N2O5. The summed E-state index contributed by atoms with van der Waals surface area (Å²) in [5, 5.41) is 11.1. The first kappa shape index (κ1) is 19.9. The van der Waals surface area contributed by atoms with E-state index in [0.717, 1.165) is 18.2 Å². The molecule has 142 valence electrons. The Bertz CT molecular complexity index is 896. The van der Waals surface area contributed by atoms with E-state index in [1.807, 2.05) is 0 Å². The molecule has 0 atom stereocenters. The molecule has 0 saturated carbocycles. The lowest BCUT2D eigenvalue weighted by atomic mass is 10.1. The molecule has 0 heterocycles. The number of rotatable bonds is 6. The van der Waals surface area contributed by atoms with Gasteiger partial charge in [-0.15, -0.1) is 0 Å². The minimum Gasteiger partial charge on any atom is -0.460 e. The van der Waals surface area contributed by atoms with Gasteiger partial charge in [-0.3, -0.25) is 19.7 Å². The second-order valence-electron chi connectivity index (χ2n) is 5.50. The molecule has 0 aliphatic rings. The summed E-state index contributed by atoms with van der Waals surface area (Å²) in [6, 6.07) is 7.61. The molecule has 7 nitrogen and oxygen atoms in total. The van der Waals surface area contributed by atoms with E-state index in [0.29, 0.717) is 0 Å².